The van der Waals surface area contributed by atoms with Gasteiger partial charge in [0, 0.05) is 24.9 Å². The van der Waals surface area contributed by atoms with Gasteiger partial charge in [-0.15, -0.1) is 17.5 Å². The van der Waals surface area contributed by atoms with Crippen LogP contribution in [0.15, 0.2) is 39.9 Å². The third-order valence-corrected chi connectivity index (χ3v) is 4.87. The Labute approximate surface area is 170 Å². The summed E-state index contributed by atoms with van der Waals surface area (Å²) >= 11 is 7.72. The predicted octanol–water partition coefficient (Wildman–Crippen LogP) is 3.13. The molecule has 1 aromatic carbocycles. The minimum Gasteiger partial charge on any atom is -0.478 e. The number of hydrogen-bond acceptors (Lipinski definition) is 7. The average Bonchev–Trinajstić information content (AvgIpc) is 3.24. The van der Waals surface area contributed by atoms with E-state index in [4.69, 9.17) is 21.1 Å². The van der Waals surface area contributed by atoms with Gasteiger partial charge in [-0.25, -0.2) is 9.48 Å². The molecular weight excluding hydrogens is 413 g/mol. The number of hydrogen-bond donors (Lipinski definition) is 2. The monoisotopic (exact) mass is 429 g/mol. The normalized spacial score (nSPS) is 10.6. The van der Waals surface area contributed by atoms with E-state index >= 15 is 0 Å². The van der Waals surface area contributed by atoms with Crippen LogP contribution in [0, 0.1) is 0 Å². The summed E-state index contributed by atoms with van der Waals surface area (Å²) in [6, 6.07) is 8.14. The first-order valence-corrected chi connectivity index (χ1v) is 9.09. The first-order valence-electron chi connectivity index (χ1n) is 7.72. The molecule has 0 aliphatic carbocycles. The lowest BCUT2D eigenvalue weighted by Gasteiger charge is -2.04. The molecule has 0 spiro atoms. The minimum atomic E-state index is -1.01. The van der Waals surface area contributed by atoms with Crippen molar-refractivity contribution >= 4 is 41.7 Å². The average molecular weight is 430 g/mol. The summed E-state index contributed by atoms with van der Waals surface area (Å²) in [6.07, 6.45) is 0. The third-order valence-electron chi connectivity index (χ3n) is 3.53. The highest BCUT2D eigenvalue weighted by Gasteiger charge is 2.12. The lowest BCUT2D eigenvalue weighted by Crippen LogP contribution is -2.16. The van der Waals surface area contributed by atoms with Gasteiger partial charge in [0.05, 0.1) is 17.1 Å². The maximum absolute atomic E-state index is 11.1. The number of carboxylic acids is 1. The van der Waals surface area contributed by atoms with Gasteiger partial charge in [-0.3, -0.25) is 0 Å². The molecule has 27 heavy (non-hydrogen) atoms. The number of furan rings is 1. The van der Waals surface area contributed by atoms with Crippen molar-refractivity contribution in [3.63, 3.8) is 0 Å². The second-order valence-electron chi connectivity index (χ2n) is 5.38. The van der Waals surface area contributed by atoms with Crippen LogP contribution in [-0.4, -0.2) is 43.6 Å². The summed E-state index contributed by atoms with van der Waals surface area (Å²) in [4.78, 5) is 11.1. The van der Waals surface area contributed by atoms with E-state index in [9.17, 15) is 4.79 Å². The molecule has 0 bridgehead atoms. The molecule has 2 N–H and O–H groups in total. The molecule has 3 aromatic rings. The highest BCUT2D eigenvalue weighted by atomic mass is 35.5. The number of carbonyl (C=O) groups is 1. The molecule has 0 radical (unpaired) electrons. The van der Waals surface area contributed by atoms with E-state index in [1.807, 2.05) is 6.07 Å². The fourth-order valence-corrected chi connectivity index (χ4v) is 3.19. The van der Waals surface area contributed by atoms with E-state index in [0.717, 1.165) is 23.2 Å². The maximum Gasteiger partial charge on any atom is 0.335 e. The molecule has 0 atom stereocenters. The third kappa shape index (κ3) is 5.46. The number of thioether (sulfide) groups is 1. The van der Waals surface area contributed by atoms with Crippen molar-refractivity contribution in [3.05, 3.63) is 46.7 Å². The van der Waals surface area contributed by atoms with Gasteiger partial charge in [0.1, 0.15) is 11.5 Å². The fraction of sp³-hybridized carbons (Fsp3) is 0.250. The second kappa shape index (κ2) is 9.75. The van der Waals surface area contributed by atoms with Crippen molar-refractivity contribution in [1.82, 2.24) is 25.5 Å². The van der Waals surface area contributed by atoms with Gasteiger partial charge in [-0.1, -0.05) is 23.4 Å². The molecule has 0 saturated heterocycles. The number of rotatable bonds is 8. The number of halogens is 2. The number of nitrogens with zero attached hydrogens (tertiary/aromatic N) is 4. The van der Waals surface area contributed by atoms with Gasteiger partial charge >= 0.3 is 5.97 Å². The Bertz CT molecular complexity index is 915. The molecule has 0 aliphatic rings. The molecule has 8 nitrogen and oxygen atoms in total. The molecule has 144 valence electrons. The van der Waals surface area contributed by atoms with Crippen molar-refractivity contribution in [1.29, 1.82) is 0 Å². The summed E-state index contributed by atoms with van der Waals surface area (Å²) in [5.74, 6) is 1.08. The molecule has 0 unspecified atom stereocenters. The molecular formula is C16H17Cl2N5O3S. The highest BCUT2D eigenvalue weighted by Crippen LogP contribution is 2.30. The van der Waals surface area contributed by atoms with Crippen LogP contribution in [0.4, 0.5) is 0 Å². The summed E-state index contributed by atoms with van der Waals surface area (Å²) in [6.45, 7) is 1.30. The number of benzene rings is 1. The Balaban J connectivity index is 0.00000261. The van der Waals surface area contributed by atoms with E-state index in [-0.39, 0.29) is 18.0 Å². The van der Waals surface area contributed by atoms with Gasteiger partial charge in [0.2, 0.25) is 5.16 Å². The first kappa shape index (κ1) is 21.2. The van der Waals surface area contributed by atoms with E-state index in [1.165, 1.54) is 12.1 Å². The topological polar surface area (TPSA) is 106 Å². The molecule has 0 fully saturated rings. The van der Waals surface area contributed by atoms with Crippen molar-refractivity contribution in [3.8, 4) is 11.3 Å². The van der Waals surface area contributed by atoms with Crippen molar-refractivity contribution in [2.75, 3.05) is 12.3 Å². The van der Waals surface area contributed by atoms with Gasteiger partial charge in [0.15, 0.2) is 0 Å². The lowest BCUT2D eigenvalue weighted by molar-refractivity contribution is 0.0697. The van der Waals surface area contributed by atoms with Crippen LogP contribution in [0.3, 0.4) is 0 Å². The Morgan fingerprint density at radius 1 is 1.37 bits per heavy atom. The van der Waals surface area contributed by atoms with Gasteiger partial charge in [-0.2, -0.15) is 0 Å². The van der Waals surface area contributed by atoms with Gasteiger partial charge < -0.3 is 14.8 Å². The summed E-state index contributed by atoms with van der Waals surface area (Å²) in [5, 5.41) is 24.8. The Morgan fingerprint density at radius 3 is 2.89 bits per heavy atom. The zero-order valence-electron chi connectivity index (χ0n) is 14.3. The van der Waals surface area contributed by atoms with Crippen LogP contribution in [0.2, 0.25) is 5.02 Å². The first-order chi connectivity index (χ1) is 12.5. The smallest absolute Gasteiger partial charge is 0.335 e. The van der Waals surface area contributed by atoms with Crippen LogP contribution in [0.1, 0.15) is 16.1 Å². The number of tetrazole rings is 1. The van der Waals surface area contributed by atoms with Crippen LogP contribution in [-0.2, 0) is 13.6 Å². The SMILES string of the molecule is Cl.Cn1nnnc1SCCNCc1ccc(-c2cc(C(=O)O)ccc2Cl)o1. The van der Waals surface area contributed by atoms with Crippen molar-refractivity contribution in [2.24, 2.45) is 7.05 Å². The molecule has 11 heteroatoms. The number of nitrogens with one attached hydrogen (secondary N) is 1. The minimum absolute atomic E-state index is 0. The Morgan fingerprint density at radius 2 is 2.19 bits per heavy atom. The maximum atomic E-state index is 11.1. The quantitative estimate of drug-likeness (QED) is 0.415. The lowest BCUT2D eigenvalue weighted by atomic mass is 10.1. The predicted molar refractivity (Wildman–Crippen MR) is 105 cm³/mol. The molecule has 3 rings (SSSR count). The molecule has 0 aliphatic heterocycles. The summed E-state index contributed by atoms with van der Waals surface area (Å²) in [7, 11) is 1.80. The van der Waals surface area contributed by atoms with Crippen LogP contribution in [0.5, 0.6) is 0 Å². The zero-order chi connectivity index (χ0) is 18.5. The summed E-state index contributed by atoms with van der Waals surface area (Å²) < 4.78 is 7.40. The van der Waals surface area contributed by atoms with Gasteiger partial charge in [-0.05, 0) is 40.8 Å². The fourth-order valence-electron chi connectivity index (χ4n) is 2.23. The van der Waals surface area contributed by atoms with Crippen molar-refractivity contribution < 1.29 is 14.3 Å². The zero-order valence-corrected chi connectivity index (χ0v) is 16.6. The molecule has 2 aromatic heterocycles. The molecule has 2 heterocycles. The van der Waals surface area contributed by atoms with Gasteiger partial charge in [0.25, 0.3) is 0 Å². The number of aryl methyl sites for hydroxylation is 1. The van der Waals surface area contributed by atoms with E-state index in [2.05, 4.69) is 20.8 Å². The van der Waals surface area contributed by atoms with Crippen LogP contribution < -0.4 is 5.32 Å². The Kier molecular flexibility index (Phi) is 7.66. The van der Waals surface area contributed by atoms with E-state index < -0.39 is 5.97 Å². The van der Waals surface area contributed by atoms with E-state index in [0.29, 0.717) is 22.9 Å². The number of aromatic carboxylic acids is 1. The van der Waals surface area contributed by atoms with Crippen LogP contribution in [0.25, 0.3) is 11.3 Å². The van der Waals surface area contributed by atoms with Crippen LogP contribution >= 0.6 is 35.8 Å². The van der Waals surface area contributed by atoms with E-state index in [1.54, 1.807) is 35.6 Å². The molecule has 0 saturated carbocycles. The second-order valence-corrected chi connectivity index (χ2v) is 6.85. The largest absolute Gasteiger partial charge is 0.478 e. The number of aromatic nitrogens is 4. The highest BCUT2D eigenvalue weighted by molar-refractivity contribution is 7.99. The number of carboxylic acid groups (broad SMARTS) is 1. The van der Waals surface area contributed by atoms with Crippen molar-refractivity contribution in [2.45, 2.75) is 11.7 Å². The summed E-state index contributed by atoms with van der Waals surface area (Å²) in [5.41, 5.74) is 0.721. The molecule has 0 amide bonds. The standard InChI is InChI=1S/C16H16ClN5O3S.ClH/c1-22-16(19-20-21-22)26-7-6-18-9-11-3-5-14(25-11)12-8-10(15(23)24)2-4-13(12)17;/h2-5,8,18H,6-7,9H2,1H3,(H,23,24);1H. The Hall–Kier alpha value is -2.07.